The molecule has 1 aliphatic rings. The number of rotatable bonds is 1. The number of halogens is 1. The fourth-order valence-electron chi connectivity index (χ4n) is 2.84. The monoisotopic (exact) mass is 325 g/mol. The number of carbonyl (C=O) groups excluding carboxylic acids is 1. The molecule has 0 radical (unpaired) electrons. The second kappa shape index (κ2) is 6.09. The fraction of sp³-hybridized carbons (Fsp3) is 0.588. The van der Waals surface area contributed by atoms with Crippen LogP contribution in [-0.2, 0) is 10.3 Å². The second-order valence-corrected chi connectivity index (χ2v) is 7.08. The third kappa shape index (κ3) is 3.82. The van der Waals surface area contributed by atoms with E-state index in [9.17, 15) is 19.4 Å². The molecular weight excluding hydrogens is 301 g/mol. The highest BCUT2D eigenvalue weighted by Gasteiger charge is 2.44. The Morgan fingerprint density at radius 3 is 2.61 bits per heavy atom. The van der Waals surface area contributed by atoms with Crippen LogP contribution in [-0.4, -0.2) is 46.0 Å². The zero-order chi connectivity index (χ0) is 17.4. The zero-order valence-electron chi connectivity index (χ0n) is 14.0. The molecule has 1 fully saturated rings. The van der Waals surface area contributed by atoms with Crippen LogP contribution in [0.25, 0.3) is 0 Å². The van der Waals surface area contributed by atoms with Crippen molar-refractivity contribution in [1.82, 2.24) is 4.90 Å². The smallest absolute Gasteiger partial charge is 0.410 e. The number of ether oxygens (including phenoxy) is 1. The predicted molar refractivity (Wildman–Crippen MR) is 83.5 cm³/mol. The van der Waals surface area contributed by atoms with E-state index in [1.54, 1.807) is 27.7 Å². The van der Waals surface area contributed by atoms with E-state index in [-0.39, 0.29) is 19.5 Å². The van der Waals surface area contributed by atoms with Crippen molar-refractivity contribution in [2.45, 2.75) is 51.4 Å². The first-order valence-electron chi connectivity index (χ1n) is 7.68. The predicted octanol–water partition coefficient (Wildman–Crippen LogP) is 2.32. The standard InChI is InChI=1S/C17H24FNO4/c1-11-9-12(18)5-6-13(11)17(22)7-8-19(10-14(17)20)15(21)23-16(2,3)4/h5-6,9,14,20,22H,7-8,10H2,1-4H3/t14-,17-/m0/s1. The minimum Gasteiger partial charge on any atom is -0.444 e. The Morgan fingerprint density at radius 2 is 2.09 bits per heavy atom. The lowest BCUT2D eigenvalue weighted by Gasteiger charge is -2.43. The topological polar surface area (TPSA) is 70.0 Å². The minimum atomic E-state index is -1.50. The molecule has 2 N–H and O–H groups in total. The van der Waals surface area contributed by atoms with Crippen molar-refractivity contribution in [2.24, 2.45) is 0 Å². The number of carbonyl (C=O) groups is 1. The summed E-state index contributed by atoms with van der Waals surface area (Å²) in [6.07, 6.45) is -1.54. The van der Waals surface area contributed by atoms with Gasteiger partial charge in [0.2, 0.25) is 0 Å². The van der Waals surface area contributed by atoms with Crippen LogP contribution in [0.4, 0.5) is 9.18 Å². The van der Waals surface area contributed by atoms with E-state index >= 15 is 0 Å². The molecule has 0 bridgehead atoms. The van der Waals surface area contributed by atoms with E-state index < -0.39 is 29.2 Å². The van der Waals surface area contributed by atoms with E-state index in [2.05, 4.69) is 0 Å². The molecule has 1 amide bonds. The average Bonchev–Trinajstić information content (AvgIpc) is 2.39. The van der Waals surface area contributed by atoms with Crippen molar-refractivity contribution in [3.8, 4) is 0 Å². The molecule has 5 nitrogen and oxygen atoms in total. The van der Waals surface area contributed by atoms with Crippen molar-refractivity contribution < 1.29 is 24.1 Å². The van der Waals surface area contributed by atoms with Gasteiger partial charge in [-0.2, -0.15) is 0 Å². The Balaban J connectivity index is 2.16. The van der Waals surface area contributed by atoms with Crippen molar-refractivity contribution in [3.05, 3.63) is 35.1 Å². The van der Waals surface area contributed by atoms with Gasteiger partial charge in [-0.1, -0.05) is 6.07 Å². The first-order chi connectivity index (χ1) is 10.5. The molecule has 1 aliphatic heterocycles. The summed E-state index contributed by atoms with van der Waals surface area (Å²) in [5.74, 6) is -0.393. The summed E-state index contributed by atoms with van der Waals surface area (Å²) < 4.78 is 18.5. The van der Waals surface area contributed by atoms with Gasteiger partial charge in [0.1, 0.15) is 23.1 Å². The maximum atomic E-state index is 13.2. The number of β-amino-alcohol motifs (C(OH)–C–C–N with tert-alkyl or cyclic N) is 1. The first kappa shape index (κ1) is 17.7. The maximum Gasteiger partial charge on any atom is 0.410 e. The Labute approximate surface area is 135 Å². The molecule has 0 aromatic heterocycles. The SMILES string of the molecule is Cc1cc(F)ccc1[C@@]1(O)CCN(C(=O)OC(C)(C)C)C[C@@H]1O. The van der Waals surface area contributed by atoms with Gasteiger partial charge in [-0.15, -0.1) is 0 Å². The quantitative estimate of drug-likeness (QED) is 0.831. The first-order valence-corrected chi connectivity index (χ1v) is 7.68. The number of likely N-dealkylation sites (tertiary alicyclic amines) is 1. The molecule has 1 aromatic rings. The highest BCUT2D eigenvalue weighted by molar-refractivity contribution is 5.68. The van der Waals surface area contributed by atoms with Crippen LogP contribution in [0.3, 0.4) is 0 Å². The number of piperidine rings is 1. The lowest BCUT2D eigenvalue weighted by Crippen LogP contribution is -2.55. The van der Waals surface area contributed by atoms with Crippen LogP contribution in [0.1, 0.15) is 38.3 Å². The van der Waals surface area contributed by atoms with Gasteiger partial charge in [-0.25, -0.2) is 9.18 Å². The summed E-state index contributed by atoms with van der Waals surface area (Å²) in [7, 11) is 0. The molecule has 1 heterocycles. The average molecular weight is 325 g/mol. The highest BCUT2D eigenvalue weighted by Crippen LogP contribution is 2.35. The normalized spacial score (nSPS) is 25.3. The van der Waals surface area contributed by atoms with E-state index in [1.807, 2.05) is 0 Å². The van der Waals surface area contributed by atoms with E-state index in [0.29, 0.717) is 11.1 Å². The molecular formula is C17H24FNO4. The van der Waals surface area contributed by atoms with Crippen molar-refractivity contribution in [1.29, 1.82) is 0 Å². The Hall–Kier alpha value is -1.66. The summed E-state index contributed by atoms with van der Waals surface area (Å²) in [5.41, 5.74) is -1.08. The third-order valence-electron chi connectivity index (χ3n) is 4.01. The molecule has 128 valence electrons. The molecule has 0 saturated carbocycles. The summed E-state index contributed by atoms with van der Waals surface area (Å²) in [6, 6.07) is 4.06. The van der Waals surface area contributed by atoms with Gasteiger partial charge in [0.25, 0.3) is 0 Å². The van der Waals surface area contributed by atoms with Crippen LogP contribution in [0.5, 0.6) is 0 Å². The molecule has 1 aromatic carbocycles. The Bertz CT molecular complexity index is 599. The van der Waals surface area contributed by atoms with Crippen molar-refractivity contribution >= 4 is 6.09 Å². The van der Waals surface area contributed by atoms with E-state index in [0.717, 1.165) is 0 Å². The number of aliphatic hydroxyl groups is 2. The number of amides is 1. The highest BCUT2D eigenvalue weighted by atomic mass is 19.1. The van der Waals surface area contributed by atoms with Gasteiger partial charge in [-0.3, -0.25) is 0 Å². The Kier molecular flexibility index (Phi) is 4.69. The van der Waals surface area contributed by atoms with Gasteiger partial charge >= 0.3 is 6.09 Å². The van der Waals surface area contributed by atoms with Crippen LogP contribution in [0, 0.1) is 12.7 Å². The summed E-state index contributed by atoms with van der Waals surface area (Å²) in [4.78, 5) is 13.5. The largest absolute Gasteiger partial charge is 0.444 e. The van der Waals surface area contributed by atoms with Crippen LogP contribution in [0.2, 0.25) is 0 Å². The van der Waals surface area contributed by atoms with E-state index in [1.165, 1.54) is 23.1 Å². The molecule has 2 atom stereocenters. The molecule has 0 aliphatic carbocycles. The fourth-order valence-corrected chi connectivity index (χ4v) is 2.84. The summed E-state index contributed by atoms with van der Waals surface area (Å²) >= 11 is 0. The number of nitrogens with zero attached hydrogens (tertiary/aromatic N) is 1. The summed E-state index contributed by atoms with van der Waals surface area (Å²) in [6.45, 7) is 7.20. The minimum absolute atomic E-state index is 0.0395. The molecule has 1 saturated heterocycles. The molecule has 0 unspecified atom stereocenters. The number of hydrogen-bond acceptors (Lipinski definition) is 4. The van der Waals surface area contributed by atoms with Crippen LogP contribution >= 0.6 is 0 Å². The summed E-state index contributed by atoms with van der Waals surface area (Å²) in [5, 5.41) is 21.3. The maximum absolute atomic E-state index is 13.2. The van der Waals surface area contributed by atoms with Crippen LogP contribution < -0.4 is 0 Å². The van der Waals surface area contributed by atoms with E-state index in [4.69, 9.17) is 4.74 Å². The molecule has 23 heavy (non-hydrogen) atoms. The van der Waals surface area contributed by atoms with Gasteiger partial charge in [-0.05, 0) is 51.0 Å². The van der Waals surface area contributed by atoms with Crippen molar-refractivity contribution in [3.63, 3.8) is 0 Å². The number of benzene rings is 1. The Morgan fingerprint density at radius 1 is 1.43 bits per heavy atom. The van der Waals surface area contributed by atoms with Gasteiger partial charge in [0.15, 0.2) is 0 Å². The number of aliphatic hydroxyl groups excluding tert-OH is 1. The van der Waals surface area contributed by atoms with Crippen LogP contribution in [0.15, 0.2) is 18.2 Å². The lowest BCUT2D eigenvalue weighted by molar-refractivity contribution is -0.123. The van der Waals surface area contributed by atoms with Gasteiger partial charge < -0.3 is 19.8 Å². The van der Waals surface area contributed by atoms with Crippen molar-refractivity contribution in [2.75, 3.05) is 13.1 Å². The van der Waals surface area contributed by atoms with Gasteiger partial charge in [0, 0.05) is 13.0 Å². The number of aryl methyl sites for hydroxylation is 1. The molecule has 6 heteroatoms. The molecule has 2 rings (SSSR count). The second-order valence-electron chi connectivity index (χ2n) is 7.08. The third-order valence-corrected chi connectivity index (χ3v) is 4.01. The zero-order valence-corrected chi connectivity index (χ0v) is 14.0. The molecule has 0 spiro atoms. The number of hydrogen-bond donors (Lipinski definition) is 2. The van der Waals surface area contributed by atoms with Gasteiger partial charge in [0.05, 0.1) is 6.54 Å². The lowest BCUT2D eigenvalue weighted by atomic mass is 9.80.